The average molecular weight is 446 g/mol. The van der Waals surface area contributed by atoms with Crippen molar-refractivity contribution in [3.63, 3.8) is 0 Å². The molecule has 4 aromatic heterocycles. The van der Waals surface area contributed by atoms with E-state index in [-0.39, 0.29) is 5.92 Å². The quantitative estimate of drug-likeness (QED) is 0.360. The molecule has 0 amide bonds. The molecule has 1 N–H and O–H groups in total. The van der Waals surface area contributed by atoms with Crippen LogP contribution in [0.4, 0.5) is 10.8 Å². The minimum atomic E-state index is 0.182. The second-order valence-electron chi connectivity index (χ2n) is 7.24. The van der Waals surface area contributed by atoms with Crippen molar-refractivity contribution in [3.8, 4) is 28.5 Å². The number of hydrogen-bond donors (Lipinski definition) is 1. The Balaban J connectivity index is 1.52. The summed E-state index contributed by atoms with van der Waals surface area (Å²) in [6.07, 6.45) is 1.72. The molecule has 0 saturated carbocycles. The standard InChI is InChI=1S/C21H19N9OS/c1-12(2)18-23-20-17(16(27-30(20)28-18)15-6-4-5-11-22-15)25-26-21-24-19(29-32-21)13-7-9-14(31-3)10-8-13/h4-12,27H,1-3H3. The average Bonchev–Trinajstić information content (AvgIpc) is 3.53. The molecule has 5 rings (SSSR count). The van der Waals surface area contributed by atoms with Crippen LogP contribution in [0.5, 0.6) is 5.75 Å². The lowest BCUT2D eigenvalue weighted by atomic mass is 10.2. The first-order chi connectivity index (χ1) is 15.6. The normalized spacial score (nSPS) is 11.8. The Bertz CT molecular complexity index is 1380. The van der Waals surface area contributed by atoms with Crippen molar-refractivity contribution in [1.82, 2.24) is 34.2 Å². The van der Waals surface area contributed by atoms with Gasteiger partial charge in [-0.25, -0.2) is 4.98 Å². The van der Waals surface area contributed by atoms with Crippen molar-refractivity contribution >= 4 is 28.0 Å². The molecule has 4 heterocycles. The Labute approximate surface area is 187 Å². The van der Waals surface area contributed by atoms with Gasteiger partial charge in [0.25, 0.3) is 0 Å². The van der Waals surface area contributed by atoms with Gasteiger partial charge in [0, 0.05) is 29.2 Å². The van der Waals surface area contributed by atoms with Crippen LogP contribution in [-0.2, 0) is 0 Å². The molecule has 32 heavy (non-hydrogen) atoms. The maximum atomic E-state index is 5.20. The van der Waals surface area contributed by atoms with Crippen LogP contribution in [0.1, 0.15) is 25.6 Å². The number of aromatic amines is 1. The molecular weight excluding hydrogens is 426 g/mol. The summed E-state index contributed by atoms with van der Waals surface area (Å²) in [4.78, 5) is 13.5. The number of nitrogens with zero attached hydrogens (tertiary/aromatic N) is 8. The van der Waals surface area contributed by atoms with Gasteiger partial charge in [-0.15, -0.1) is 15.3 Å². The predicted octanol–water partition coefficient (Wildman–Crippen LogP) is 5.19. The van der Waals surface area contributed by atoms with Gasteiger partial charge >= 0.3 is 0 Å². The third-order valence-electron chi connectivity index (χ3n) is 4.73. The zero-order valence-corrected chi connectivity index (χ0v) is 18.4. The number of hydrogen-bond acceptors (Lipinski definition) is 9. The van der Waals surface area contributed by atoms with E-state index in [0.29, 0.717) is 28.0 Å². The van der Waals surface area contributed by atoms with Crippen LogP contribution in [0.2, 0.25) is 0 Å². The van der Waals surface area contributed by atoms with Crippen LogP contribution >= 0.6 is 11.5 Å². The minimum Gasteiger partial charge on any atom is -0.497 e. The largest absolute Gasteiger partial charge is 0.497 e. The SMILES string of the molecule is COc1ccc(-c2nsc(N=Nc3c(-c4ccccn4)[nH]n4nc(C(C)C)nc34)n2)cc1. The summed E-state index contributed by atoms with van der Waals surface area (Å²) in [5, 5.41) is 17.0. The van der Waals surface area contributed by atoms with E-state index in [2.05, 4.69) is 39.8 Å². The number of fused-ring (bicyclic) bond motifs is 1. The number of azo groups is 1. The summed E-state index contributed by atoms with van der Waals surface area (Å²) in [5.74, 6) is 2.26. The van der Waals surface area contributed by atoms with Gasteiger partial charge in [-0.3, -0.25) is 10.1 Å². The molecule has 160 valence electrons. The molecule has 0 aliphatic rings. The molecule has 0 saturated heterocycles. The van der Waals surface area contributed by atoms with E-state index < -0.39 is 0 Å². The van der Waals surface area contributed by atoms with Gasteiger partial charge in [0.1, 0.15) is 11.4 Å². The number of H-pyrrole nitrogens is 1. The van der Waals surface area contributed by atoms with E-state index in [9.17, 15) is 0 Å². The van der Waals surface area contributed by atoms with Crippen molar-refractivity contribution < 1.29 is 4.74 Å². The van der Waals surface area contributed by atoms with E-state index in [1.807, 2.05) is 56.3 Å². The van der Waals surface area contributed by atoms with Crippen molar-refractivity contribution in [2.75, 3.05) is 7.11 Å². The number of nitrogens with one attached hydrogen (secondary N) is 1. The first kappa shape index (κ1) is 19.9. The molecule has 0 spiro atoms. The van der Waals surface area contributed by atoms with Crippen LogP contribution in [0, 0.1) is 0 Å². The van der Waals surface area contributed by atoms with E-state index in [0.717, 1.165) is 22.8 Å². The Morgan fingerprint density at radius 2 is 1.91 bits per heavy atom. The van der Waals surface area contributed by atoms with Crippen LogP contribution in [0.25, 0.3) is 28.4 Å². The lowest BCUT2D eigenvalue weighted by molar-refractivity contribution is 0.415. The zero-order chi connectivity index (χ0) is 22.1. The highest BCUT2D eigenvalue weighted by molar-refractivity contribution is 7.09. The van der Waals surface area contributed by atoms with Gasteiger partial charge in [0.15, 0.2) is 17.3 Å². The molecule has 0 aliphatic carbocycles. The zero-order valence-electron chi connectivity index (χ0n) is 17.6. The van der Waals surface area contributed by atoms with Crippen LogP contribution in [0.15, 0.2) is 58.9 Å². The van der Waals surface area contributed by atoms with Gasteiger partial charge < -0.3 is 4.74 Å². The number of ether oxygens (including phenoxy) is 1. The molecule has 0 bridgehead atoms. The number of aromatic nitrogens is 7. The molecule has 0 atom stereocenters. The lowest BCUT2D eigenvalue weighted by Gasteiger charge is -1.99. The Hall–Kier alpha value is -3.99. The molecule has 0 aliphatic heterocycles. The lowest BCUT2D eigenvalue weighted by Crippen LogP contribution is -1.94. The fourth-order valence-electron chi connectivity index (χ4n) is 3.06. The number of pyridine rings is 1. The Kier molecular flexibility index (Phi) is 5.15. The second kappa shape index (κ2) is 8.27. The van der Waals surface area contributed by atoms with E-state index >= 15 is 0 Å². The summed E-state index contributed by atoms with van der Waals surface area (Å²) in [6, 6.07) is 13.2. The Morgan fingerprint density at radius 1 is 1.06 bits per heavy atom. The van der Waals surface area contributed by atoms with E-state index in [1.165, 1.54) is 11.5 Å². The van der Waals surface area contributed by atoms with Crippen molar-refractivity contribution in [2.24, 2.45) is 10.2 Å². The topological polar surface area (TPSA) is 119 Å². The summed E-state index contributed by atoms with van der Waals surface area (Å²) < 4.78 is 11.2. The highest BCUT2D eigenvalue weighted by Crippen LogP contribution is 2.34. The molecular formula is C21H19N9OS. The maximum absolute atomic E-state index is 5.20. The van der Waals surface area contributed by atoms with Crippen molar-refractivity contribution in [1.29, 1.82) is 0 Å². The number of rotatable bonds is 6. The molecule has 11 heteroatoms. The highest BCUT2D eigenvalue weighted by atomic mass is 32.1. The molecule has 0 fully saturated rings. The molecule has 5 aromatic rings. The van der Waals surface area contributed by atoms with Gasteiger partial charge in [-0.1, -0.05) is 19.9 Å². The van der Waals surface area contributed by atoms with Crippen molar-refractivity contribution in [2.45, 2.75) is 19.8 Å². The van der Waals surface area contributed by atoms with Crippen molar-refractivity contribution in [3.05, 3.63) is 54.5 Å². The Morgan fingerprint density at radius 3 is 2.62 bits per heavy atom. The summed E-state index contributed by atoms with van der Waals surface area (Å²) >= 11 is 1.17. The first-order valence-corrected chi connectivity index (χ1v) is 10.7. The van der Waals surface area contributed by atoms with E-state index in [4.69, 9.17) is 4.74 Å². The fourth-order valence-corrected chi connectivity index (χ4v) is 3.58. The van der Waals surface area contributed by atoms with Crippen LogP contribution < -0.4 is 4.74 Å². The monoisotopic (exact) mass is 445 g/mol. The number of methoxy groups -OCH3 is 1. The van der Waals surface area contributed by atoms with Gasteiger partial charge in [-0.05, 0) is 36.4 Å². The molecule has 1 aromatic carbocycles. The third-order valence-corrected chi connectivity index (χ3v) is 5.33. The van der Waals surface area contributed by atoms with Crippen LogP contribution in [-0.4, -0.2) is 41.3 Å². The molecule has 0 radical (unpaired) electrons. The predicted molar refractivity (Wildman–Crippen MR) is 121 cm³/mol. The fraction of sp³-hybridized carbons (Fsp3) is 0.190. The second-order valence-corrected chi connectivity index (χ2v) is 7.97. The summed E-state index contributed by atoms with van der Waals surface area (Å²) in [7, 11) is 1.63. The number of benzene rings is 1. The molecule has 0 unspecified atom stereocenters. The minimum absolute atomic E-state index is 0.182. The highest BCUT2D eigenvalue weighted by Gasteiger charge is 2.20. The summed E-state index contributed by atoms with van der Waals surface area (Å²) in [5.41, 5.74) is 3.40. The third kappa shape index (κ3) is 3.73. The van der Waals surface area contributed by atoms with Crippen LogP contribution in [0.3, 0.4) is 0 Å². The first-order valence-electron chi connectivity index (χ1n) is 9.92. The van der Waals surface area contributed by atoms with E-state index in [1.54, 1.807) is 17.9 Å². The van der Waals surface area contributed by atoms with Gasteiger partial charge in [0.05, 0.1) is 12.8 Å². The van der Waals surface area contributed by atoms with Gasteiger partial charge in [0.2, 0.25) is 10.8 Å². The molecule has 10 nitrogen and oxygen atoms in total. The van der Waals surface area contributed by atoms with Gasteiger partial charge in [-0.2, -0.15) is 14.0 Å². The maximum Gasteiger partial charge on any atom is 0.249 e. The smallest absolute Gasteiger partial charge is 0.249 e. The summed E-state index contributed by atoms with van der Waals surface area (Å²) in [6.45, 7) is 4.08.